The van der Waals surface area contributed by atoms with E-state index in [1.807, 2.05) is 34.0 Å². The largest absolute Gasteiger partial charge is 0.463 e. The molecule has 3 heterocycles. The van der Waals surface area contributed by atoms with Gasteiger partial charge in [-0.15, -0.1) is 11.3 Å². The van der Waals surface area contributed by atoms with Gasteiger partial charge in [0.2, 0.25) is 0 Å². The van der Waals surface area contributed by atoms with Gasteiger partial charge in [0.05, 0.1) is 6.26 Å². The third-order valence-electron chi connectivity index (χ3n) is 3.92. The maximum absolute atomic E-state index is 11.7. The SMILES string of the molecule is CCc1ccc(-c2nc3scc(-c4ccco4)n3c2C=O)cc1. The molecule has 0 aliphatic carbocycles. The van der Waals surface area contributed by atoms with Crippen molar-refractivity contribution in [2.45, 2.75) is 13.3 Å². The van der Waals surface area contributed by atoms with Crippen LogP contribution in [0.25, 0.3) is 27.7 Å². The number of carbonyl (C=O) groups excluding carboxylic acids is 1. The molecule has 0 aliphatic rings. The van der Waals surface area contributed by atoms with Crippen LogP contribution in [0, 0.1) is 0 Å². The van der Waals surface area contributed by atoms with Crippen molar-refractivity contribution in [3.63, 3.8) is 0 Å². The van der Waals surface area contributed by atoms with E-state index in [-0.39, 0.29) is 0 Å². The van der Waals surface area contributed by atoms with Crippen LogP contribution in [0.1, 0.15) is 23.0 Å². The van der Waals surface area contributed by atoms with Gasteiger partial charge in [-0.1, -0.05) is 31.2 Å². The number of benzene rings is 1. The van der Waals surface area contributed by atoms with Crippen LogP contribution in [0.5, 0.6) is 0 Å². The first-order valence-corrected chi connectivity index (χ1v) is 8.28. The quantitative estimate of drug-likeness (QED) is 0.512. The molecule has 5 heteroatoms. The number of aromatic nitrogens is 2. The molecule has 0 atom stereocenters. The van der Waals surface area contributed by atoms with Crippen LogP contribution in [-0.2, 0) is 6.42 Å². The molecule has 23 heavy (non-hydrogen) atoms. The van der Waals surface area contributed by atoms with E-state index in [0.29, 0.717) is 11.4 Å². The van der Waals surface area contributed by atoms with E-state index in [0.717, 1.165) is 34.7 Å². The predicted octanol–water partition coefficient (Wildman–Crippen LogP) is 4.70. The Balaban J connectivity index is 1.92. The van der Waals surface area contributed by atoms with E-state index in [4.69, 9.17) is 4.42 Å². The standard InChI is InChI=1S/C18H14N2O2S/c1-2-12-5-7-13(8-6-12)17-14(10-21)20-15(11-23-18(20)19-17)16-4-3-9-22-16/h3-11H,2H2,1H3. The normalized spacial score (nSPS) is 11.2. The van der Waals surface area contributed by atoms with Gasteiger partial charge in [0.25, 0.3) is 0 Å². The van der Waals surface area contributed by atoms with Crippen LogP contribution in [-0.4, -0.2) is 15.7 Å². The smallest absolute Gasteiger partial charge is 0.195 e. The molecule has 0 saturated heterocycles. The van der Waals surface area contributed by atoms with Gasteiger partial charge < -0.3 is 4.42 Å². The summed E-state index contributed by atoms with van der Waals surface area (Å²) in [6.45, 7) is 2.12. The van der Waals surface area contributed by atoms with Gasteiger partial charge in [-0.2, -0.15) is 0 Å². The second-order valence-corrected chi connectivity index (χ2v) is 6.07. The first-order chi connectivity index (χ1) is 11.3. The minimum absolute atomic E-state index is 0.553. The number of furan rings is 1. The summed E-state index contributed by atoms with van der Waals surface area (Å²) in [5, 5.41) is 1.96. The zero-order valence-electron chi connectivity index (χ0n) is 12.5. The second kappa shape index (κ2) is 5.52. The number of aryl methyl sites for hydroxylation is 1. The number of hydrogen-bond acceptors (Lipinski definition) is 4. The van der Waals surface area contributed by atoms with Gasteiger partial charge in [-0.3, -0.25) is 9.20 Å². The summed E-state index contributed by atoms with van der Waals surface area (Å²) in [5.41, 5.74) is 4.32. The lowest BCUT2D eigenvalue weighted by Gasteiger charge is -2.02. The highest BCUT2D eigenvalue weighted by Crippen LogP contribution is 2.32. The summed E-state index contributed by atoms with van der Waals surface area (Å²) >= 11 is 1.50. The lowest BCUT2D eigenvalue weighted by Crippen LogP contribution is -1.93. The molecule has 4 nitrogen and oxygen atoms in total. The number of rotatable bonds is 4. The van der Waals surface area contributed by atoms with Crippen molar-refractivity contribution < 1.29 is 9.21 Å². The van der Waals surface area contributed by atoms with Crippen molar-refractivity contribution in [2.75, 3.05) is 0 Å². The van der Waals surface area contributed by atoms with E-state index in [1.165, 1.54) is 16.9 Å². The molecule has 1 aromatic carbocycles. The van der Waals surface area contributed by atoms with Gasteiger partial charge >= 0.3 is 0 Å². The summed E-state index contributed by atoms with van der Waals surface area (Å²) in [4.78, 5) is 17.2. The fraction of sp³-hybridized carbons (Fsp3) is 0.111. The third-order valence-corrected chi connectivity index (χ3v) is 4.75. The topological polar surface area (TPSA) is 47.5 Å². The first-order valence-electron chi connectivity index (χ1n) is 7.40. The van der Waals surface area contributed by atoms with Crippen LogP contribution >= 0.6 is 11.3 Å². The molecule has 3 aromatic heterocycles. The Kier molecular flexibility index (Phi) is 3.35. The van der Waals surface area contributed by atoms with E-state index in [9.17, 15) is 4.79 Å². The van der Waals surface area contributed by atoms with E-state index < -0.39 is 0 Å². The van der Waals surface area contributed by atoms with Crippen molar-refractivity contribution in [2.24, 2.45) is 0 Å². The monoisotopic (exact) mass is 322 g/mol. The number of nitrogens with zero attached hydrogens (tertiary/aromatic N) is 2. The Labute approximate surface area is 137 Å². The third kappa shape index (κ3) is 2.21. The molecule has 114 valence electrons. The number of hydrogen-bond donors (Lipinski definition) is 0. The van der Waals surface area contributed by atoms with Crippen LogP contribution in [0.3, 0.4) is 0 Å². The average Bonchev–Trinajstić information content (AvgIpc) is 3.30. The predicted molar refractivity (Wildman–Crippen MR) is 91.0 cm³/mol. The van der Waals surface area contributed by atoms with Gasteiger partial charge in [0.15, 0.2) is 17.0 Å². The summed E-state index contributed by atoms with van der Waals surface area (Å²) in [5.74, 6) is 0.727. The maximum atomic E-state index is 11.7. The molecular weight excluding hydrogens is 308 g/mol. The van der Waals surface area contributed by atoms with Gasteiger partial charge in [0.1, 0.15) is 17.1 Å². The summed E-state index contributed by atoms with van der Waals surface area (Å²) in [7, 11) is 0. The molecule has 0 spiro atoms. The van der Waals surface area contributed by atoms with Gasteiger partial charge in [-0.05, 0) is 24.1 Å². The van der Waals surface area contributed by atoms with Crippen LogP contribution in [0.15, 0.2) is 52.5 Å². The average molecular weight is 322 g/mol. The Hall–Kier alpha value is -2.66. The number of imidazole rings is 1. The number of thiazole rings is 1. The maximum Gasteiger partial charge on any atom is 0.195 e. The minimum atomic E-state index is 0.553. The van der Waals surface area contributed by atoms with Crippen molar-refractivity contribution in [3.8, 4) is 22.7 Å². The summed E-state index contributed by atoms with van der Waals surface area (Å²) in [6.07, 6.45) is 3.48. The number of aldehydes is 1. The van der Waals surface area contributed by atoms with Crippen LogP contribution < -0.4 is 0 Å². The molecule has 0 fully saturated rings. The van der Waals surface area contributed by atoms with Crippen molar-refractivity contribution in [3.05, 3.63) is 59.3 Å². The van der Waals surface area contributed by atoms with Crippen LogP contribution in [0.4, 0.5) is 0 Å². The van der Waals surface area contributed by atoms with Gasteiger partial charge in [0, 0.05) is 10.9 Å². The fourth-order valence-corrected chi connectivity index (χ4v) is 3.58. The highest BCUT2D eigenvalue weighted by atomic mass is 32.1. The van der Waals surface area contributed by atoms with Crippen molar-refractivity contribution in [1.29, 1.82) is 0 Å². The molecule has 4 aromatic rings. The Morgan fingerprint density at radius 1 is 1.26 bits per heavy atom. The number of carbonyl (C=O) groups is 1. The minimum Gasteiger partial charge on any atom is -0.463 e. The zero-order valence-corrected chi connectivity index (χ0v) is 13.3. The molecule has 0 N–H and O–H groups in total. The summed E-state index contributed by atoms with van der Waals surface area (Å²) < 4.78 is 7.33. The lowest BCUT2D eigenvalue weighted by molar-refractivity contribution is 0.111. The molecule has 0 amide bonds. The van der Waals surface area contributed by atoms with Crippen molar-refractivity contribution in [1.82, 2.24) is 9.38 Å². The molecule has 0 radical (unpaired) electrons. The van der Waals surface area contributed by atoms with Crippen LogP contribution in [0.2, 0.25) is 0 Å². The van der Waals surface area contributed by atoms with E-state index >= 15 is 0 Å². The lowest BCUT2D eigenvalue weighted by atomic mass is 10.1. The molecule has 4 rings (SSSR count). The van der Waals surface area contributed by atoms with E-state index in [1.54, 1.807) is 6.26 Å². The second-order valence-electron chi connectivity index (χ2n) is 5.23. The molecule has 0 aliphatic heterocycles. The Morgan fingerprint density at radius 2 is 2.09 bits per heavy atom. The van der Waals surface area contributed by atoms with E-state index in [2.05, 4.69) is 24.0 Å². The molecule has 0 saturated carbocycles. The highest BCUT2D eigenvalue weighted by Gasteiger charge is 2.19. The first kappa shape index (κ1) is 14.0. The van der Waals surface area contributed by atoms with Gasteiger partial charge in [-0.25, -0.2) is 4.98 Å². The number of fused-ring (bicyclic) bond motifs is 1. The fourth-order valence-electron chi connectivity index (χ4n) is 2.70. The summed E-state index contributed by atoms with van der Waals surface area (Å²) in [6, 6.07) is 11.9. The van der Waals surface area contributed by atoms with Crippen molar-refractivity contribution >= 4 is 22.6 Å². The Morgan fingerprint density at radius 3 is 2.74 bits per heavy atom. The highest BCUT2D eigenvalue weighted by molar-refractivity contribution is 7.15. The molecular formula is C18H14N2O2S. The Bertz CT molecular complexity index is 963. The molecule has 0 bridgehead atoms. The molecule has 0 unspecified atom stereocenters. The zero-order chi connectivity index (χ0) is 15.8.